The highest BCUT2D eigenvalue weighted by Crippen LogP contribution is 2.06. The van der Waals surface area contributed by atoms with E-state index in [-0.39, 0.29) is 5.91 Å². The minimum Gasteiger partial charge on any atom is -0.367 e. The fraction of sp³-hybridized carbons (Fsp3) is 0.615. The van der Waals surface area contributed by atoms with Crippen molar-refractivity contribution in [2.24, 2.45) is 5.92 Å². The number of aromatic nitrogens is 1. The number of carbonyl (C=O) groups is 1. The number of aromatic amines is 1. The first kappa shape index (κ1) is 12.2. The molecule has 0 aromatic carbocycles. The van der Waals surface area contributed by atoms with Gasteiger partial charge in [0.25, 0.3) is 0 Å². The molecule has 1 amide bonds. The fourth-order valence-corrected chi connectivity index (χ4v) is 2.20. The van der Waals surface area contributed by atoms with Crippen LogP contribution in [0, 0.1) is 5.92 Å². The molecule has 0 spiro atoms. The van der Waals surface area contributed by atoms with Crippen molar-refractivity contribution in [3.8, 4) is 0 Å². The summed E-state index contributed by atoms with van der Waals surface area (Å²) < 4.78 is 0. The highest BCUT2D eigenvalue weighted by atomic mass is 16.1. The zero-order chi connectivity index (χ0) is 11.9. The Kier molecular flexibility index (Phi) is 4.62. The molecule has 1 aromatic heterocycles. The Hall–Kier alpha value is -1.29. The first-order valence-electron chi connectivity index (χ1n) is 6.43. The summed E-state index contributed by atoms with van der Waals surface area (Å²) in [5.74, 6) is 0.816. The van der Waals surface area contributed by atoms with Gasteiger partial charge in [0.1, 0.15) is 0 Å². The molecule has 1 fully saturated rings. The van der Waals surface area contributed by atoms with Crippen molar-refractivity contribution >= 4 is 5.91 Å². The van der Waals surface area contributed by atoms with Gasteiger partial charge in [-0.05, 0) is 49.9 Å². The molecule has 1 saturated heterocycles. The minimum atomic E-state index is 0.187. The molecular formula is C13H21N3O. The van der Waals surface area contributed by atoms with Gasteiger partial charge in [0.15, 0.2) is 0 Å². The molecule has 0 bridgehead atoms. The lowest BCUT2D eigenvalue weighted by molar-refractivity contribution is -0.121. The van der Waals surface area contributed by atoms with Crippen LogP contribution in [-0.2, 0) is 11.2 Å². The molecule has 0 aliphatic carbocycles. The van der Waals surface area contributed by atoms with Crippen LogP contribution in [0.5, 0.6) is 0 Å². The molecule has 2 rings (SSSR count). The standard InChI is InChI=1S/C13H21N3O/c17-13(16-10-12-5-7-15-9-12)3-1-2-11-4-6-14-8-11/h4,6,8,12,14-15H,1-3,5,7,9-10H2,(H,16,17). The van der Waals surface area contributed by atoms with Gasteiger partial charge in [-0.25, -0.2) is 0 Å². The van der Waals surface area contributed by atoms with Crippen molar-refractivity contribution in [1.29, 1.82) is 0 Å². The van der Waals surface area contributed by atoms with Gasteiger partial charge in [0.2, 0.25) is 5.91 Å². The summed E-state index contributed by atoms with van der Waals surface area (Å²) in [6, 6.07) is 2.06. The number of aryl methyl sites for hydroxylation is 1. The predicted molar refractivity (Wildman–Crippen MR) is 67.7 cm³/mol. The molecule has 3 N–H and O–H groups in total. The van der Waals surface area contributed by atoms with Crippen molar-refractivity contribution in [2.75, 3.05) is 19.6 Å². The Balaban J connectivity index is 1.54. The van der Waals surface area contributed by atoms with Crippen LogP contribution < -0.4 is 10.6 Å². The Labute approximate surface area is 102 Å². The lowest BCUT2D eigenvalue weighted by atomic mass is 10.1. The van der Waals surface area contributed by atoms with Gasteiger partial charge in [0, 0.05) is 25.4 Å². The quantitative estimate of drug-likeness (QED) is 0.690. The van der Waals surface area contributed by atoms with E-state index in [4.69, 9.17) is 0 Å². The predicted octanol–water partition coefficient (Wildman–Crippen LogP) is 1.06. The zero-order valence-corrected chi connectivity index (χ0v) is 10.2. The average Bonchev–Trinajstić information content (AvgIpc) is 2.99. The second-order valence-electron chi connectivity index (χ2n) is 4.74. The maximum Gasteiger partial charge on any atom is 0.220 e. The van der Waals surface area contributed by atoms with Gasteiger partial charge in [-0.1, -0.05) is 0 Å². The highest BCUT2D eigenvalue weighted by molar-refractivity contribution is 5.75. The molecule has 94 valence electrons. The minimum absolute atomic E-state index is 0.187. The average molecular weight is 235 g/mol. The summed E-state index contributed by atoms with van der Waals surface area (Å²) in [5.41, 5.74) is 1.28. The number of carbonyl (C=O) groups excluding carboxylic acids is 1. The smallest absolute Gasteiger partial charge is 0.220 e. The lowest BCUT2D eigenvalue weighted by Crippen LogP contribution is -2.30. The molecular weight excluding hydrogens is 214 g/mol. The van der Waals surface area contributed by atoms with E-state index >= 15 is 0 Å². The fourth-order valence-electron chi connectivity index (χ4n) is 2.20. The van der Waals surface area contributed by atoms with Gasteiger partial charge in [-0.2, -0.15) is 0 Å². The van der Waals surface area contributed by atoms with E-state index in [1.54, 1.807) is 0 Å². The van der Waals surface area contributed by atoms with Crippen LogP contribution in [0.15, 0.2) is 18.5 Å². The van der Waals surface area contributed by atoms with Gasteiger partial charge >= 0.3 is 0 Å². The van der Waals surface area contributed by atoms with Gasteiger partial charge in [-0.3, -0.25) is 4.79 Å². The topological polar surface area (TPSA) is 56.9 Å². The Morgan fingerprint density at radius 1 is 1.53 bits per heavy atom. The molecule has 17 heavy (non-hydrogen) atoms. The summed E-state index contributed by atoms with van der Waals surface area (Å²) in [4.78, 5) is 14.6. The summed E-state index contributed by atoms with van der Waals surface area (Å²) in [5, 5.41) is 6.32. The molecule has 1 aliphatic heterocycles. The summed E-state index contributed by atoms with van der Waals surface area (Å²) in [6.07, 6.45) is 7.62. The van der Waals surface area contributed by atoms with Crippen molar-refractivity contribution in [3.63, 3.8) is 0 Å². The van der Waals surface area contributed by atoms with Crippen LogP contribution in [0.2, 0.25) is 0 Å². The van der Waals surface area contributed by atoms with Crippen molar-refractivity contribution in [2.45, 2.75) is 25.7 Å². The van der Waals surface area contributed by atoms with Gasteiger partial charge in [-0.15, -0.1) is 0 Å². The number of rotatable bonds is 6. The molecule has 2 heterocycles. The van der Waals surface area contributed by atoms with Crippen molar-refractivity contribution in [3.05, 3.63) is 24.0 Å². The van der Waals surface area contributed by atoms with Crippen LogP contribution in [0.3, 0.4) is 0 Å². The van der Waals surface area contributed by atoms with E-state index in [1.165, 1.54) is 12.0 Å². The van der Waals surface area contributed by atoms with Gasteiger partial charge in [0.05, 0.1) is 0 Å². The summed E-state index contributed by atoms with van der Waals surface area (Å²) >= 11 is 0. The zero-order valence-electron chi connectivity index (χ0n) is 10.2. The second kappa shape index (κ2) is 6.45. The SMILES string of the molecule is O=C(CCCc1cc[nH]c1)NCC1CCNC1. The molecule has 0 saturated carbocycles. The number of hydrogen-bond acceptors (Lipinski definition) is 2. The van der Waals surface area contributed by atoms with E-state index in [2.05, 4.69) is 21.7 Å². The number of hydrogen-bond donors (Lipinski definition) is 3. The molecule has 4 nitrogen and oxygen atoms in total. The van der Waals surface area contributed by atoms with E-state index in [0.29, 0.717) is 12.3 Å². The highest BCUT2D eigenvalue weighted by Gasteiger charge is 2.14. The summed E-state index contributed by atoms with van der Waals surface area (Å²) in [6.45, 7) is 2.97. The first-order chi connectivity index (χ1) is 8.34. The third-order valence-corrected chi connectivity index (χ3v) is 3.28. The third-order valence-electron chi connectivity index (χ3n) is 3.28. The molecule has 1 aromatic rings. The van der Waals surface area contributed by atoms with Crippen molar-refractivity contribution in [1.82, 2.24) is 15.6 Å². The Morgan fingerprint density at radius 3 is 3.18 bits per heavy atom. The van der Waals surface area contributed by atoms with E-state index < -0.39 is 0 Å². The largest absolute Gasteiger partial charge is 0.367 e. The normalized spacial score (nSPS) is 19.4. The van der Waals surface area contributed by atoms with Crippen LogP contribution in [0.1, 0.15) is 24.8 Å². The third kappa shape index (κ3) is 4.23. The molecule has 1 aliphatic rings. The van der Waals surface area contributed by atoms with Crippen molar-refractivity contribution < 1.29 is 4.79 Å². The molecule has 0 radical (unpaired) electrons. The second-order valence-corrected chi connectivity index (χ2v) is 4.74. The van der Waals surface area contributed by atoms with E-state index in [0.717, 1.165) is 32.5 Å². The Morgan fingerprint density at radius 2 is 2.47 bits per heavy atom. The van der Waals surface area contributed by atoms with E-state index in [1.807, 2.05) is 12.4 Å². The number of H-pyrrole nitrogens is 1. The molecule has 1 unspecified atom stereocenters. The maximum absolute atomic E-state index is 11.6. The van der Waals surface area contributed by atoms with E-state index in [9.17, 15) is 4.79 Å². The Bertz CT molecular complexity index is 328. The maximum atomic E-state index is 11.6. The number of nitrogens with one attached hydrogen (secondary N) is 3. The summed E-state index contributed by atoms with van der Waals surface area (Å²) in [7, 11) is 0. The number of amides is 1. The lowest BCUT2D eigenvalue weighted by Gasteiger charge is -2.09. The van der Waals surface area contributed by atoms with Crippen LogP contribution in [-0.4, -0.2) is 30.5 Å². The molecule has 4 heteroatoms. The monoisotopic (exact) mass is 235 g/mol. The van der Waals surface area contributed by atoms with Crippen LogP contribution >= 0.6 is 0 Å². The van der Waals surface area contributed by atoms with Crippen LogP contribution in [0.25, 0.3) is 0 Å². The molecule has 1 atom stereocenters. The van der Waals surface area contributed by atoms with Gasteiger partial charge < -0.3 is 15.6 Å². The van der Waals surface area contributed by atoms with Crippen LogP contribution in [0.4, 0.5) is 0 Å². The first-order valence-corrected chi connectivity index (χ1v) is 6.43.